The average Bonchev–Trinajstić information content (AvgIpc) is 1.55. The average molecular weight is 1360 g/mol. The summed E-state index contributed by atoms with van der Waals surface area (Å²) in [6.07, 6.45) is 33.2. The highest BCUT2D eigenvalue weighted by Gasteiger charge is 2.64. The summed E-state index contributed by atoms with van der Waals surface area (Å²) in [5.74, 6) is 7.73. The molecule has 17 heteroatoms. The number of carbonyl (C=O) groups excluding carboxylic acids is 4. The number of hydrogen-bond donors (Lipinski definition) is 8. The number of carbonyl (C=O) groups is 4. The van der Waals surface area contributed by atoms with Crippen LogP contribution in [0.1, 0.15) is 235 Å². The summed E-state index contributed by atoms with van der Waals surface area (Å²) < 4.78 is 14.6. The quantitative estimate of drug-likeness (QED) is 0.0288. The molecule has 0 aromatic heterocycles. The van der Waals surface area contributed by atoms with Crippen molar-refractivity contribution in [3.63, 3.8) is 0 Å². The van der Waals surface area contributed by atoms with Crippen LogP contribution in [0.2, 0.25) is 0 Å². The Morgan fingerprint density at radius 3 is 1.59 bits per heavy atom. The minimum absolute atomic E-state index is 0.0472. The zero-order valence-corrected chi connectivity index (χ0v) is 61.8. The van der Waals surface area contributed by atoms with E-state index in [1.165, 1.54) is 44.1 Å². The SMILES string of the molecule is CC1=C2C[C@H]3[C@@H](CC=C4CC(O)CC[C@@]43C)[C@@H]2CC[C@]12O[C@@H]1C[C@H](C)CN(CCNC(=O)CCCCCN)[C@H]1[C@H]2C.CC1=C2C[C@H]3[C@@H](CC=C4C[C@@H](O)CC[C@@]43C)[C@@H]2CC[C@]12O[C@@H]1C[C@H](C)CN(CCNC(=O)CCCCCNC(=O)CCCCC3SC[C@@H]4NC(=O)N[C@H]34)[C@H]1[C@H]2C. The maximum atomic E-state index is 12.9. The third-order valence-corrected chi connectivity index (χ3v) is 30.7. The first-order valence-electron chi connectivity index (χ1n) is 39.8. The normalized spacial score (nSPS) is 42.3. The second-order valence-corrected chi connectivity index (χ2v) is 36.0. The lowest BCUT2D eigenvalue weighted by molar-refractivity contribution is -0.122. The van der Waals surface area contributed by atoms with Gasteiger partial charge in [0.25, 0.3) is 0 Å². The lowest BCUT2D eigenvalue weighted by Crippen LogP contribution is -2.54. The van der Waals surface area contributed by atoms with E-state index in [1.807, 2.05) is 11.8 Å². The summed E-state index contributed by atoms with van der Waals surface area (Å²) in [4.78, 5) is 54.5. The summed E-state index contributed by atoms with van der Waals surface area (Å²) in [5.41, 5.74) is 15.4. The molecule has 2 spiro atoms. The first-order chi connectivity index (χ1) is 46.6. The van der Waals surface area contributed by atoms with Gasteiger partial charge in [0.05, 0.1) is 47.7 Å². The van der Waals surface area contributed by atoms with Gasteiger partial charge in [0.2, 0.25) is 17.7 Å². The number of aliphatic hydroxyl groups excluding tert-OH is 2. The van der Waals surface area contributed by atoms with Gasteiger partial charge in [-0.15, -0.1) is 0 Å². The summed E-state index contributed by atoms with van der Waals surface area (Å²) in [6.45, 7) is 26.3. The maximum Gasteiger partial charge on any atom is 0.315 e. The molecule has 542 valence electrons. The second-order valence-electron chi connectivity index (χ2n) is 34.7. The Hall–Kier alpha value is -3.29. The Labute approximate surface area is 587 Å². The lowest BCUT2D eigenvalue weighted by Gasteiger charge is -2.49. The van der Waals surface area contributed by atoms with Gasteiger partial charge in [0.15, 0.2) is 0 Å². The van der Waals surface area contributed by atoms with Crippen LogP contribution in [0.15, 0.2) is 45.6 Å². The third-order valence-electron chi connectivity index (χ3n) is 29.2. The first-order valence-corrected chi connectivity index (χ1v) is 40.9. The molecule has 97 heavy (non-hydrogen) atoms. The molecule has 2 unspecified atom stereocenters. The van der Waals surface area contributed by atoms with E-state index in [9.17, 15) is 29.4 Å². The van der Waals surface area contributed by atoms with Crippen LogP contribution in [0.25, 0.3) is 0 Å². The molecule has 16 nitrogen and oxygen atoms in total. The third kappa shape index (κ3) is 14.2. The van der Waals surface area contributed by atoms with Crippen molar-refractivity contribution in [2.24, 2.45) is 75.7 Å². The van der Waals surface area contributed by atoms with Crippen molar-refractivity contribution in [3.8, 4) is 0 Å². The van der Waals surface area contributed by atoms with Gasteiger partial charge in [0, 0.05) is 100.0 Å². The summed E-state index contributed by atoms with van der Waals surface area (Å²) >= 11 is 1.92. The standard InChI is InChI=1S/C45H71N5O5S.C35H57N3O3/c1-27-22-37-42(29(3)45(55-37)18-16-32-33-14-13-30-23-31(51)15-17-44(30,4)35(33)24-34(32)28(45)2)50(25-27)21-20-47-40(53)11-6-5-9-19-46-39(52)12-8-7-10-38-41-36(26-56-38)48-43(54)49-41;1-22-18-31-33(38(21-22)17-16-37-32(40)8-6-5-7-15-36)24(3)35(41-31)14-12-27-28-10-9-25-19-26(39)11-13-34(25,4)30(28)20-29(27)23(35)2/h13,27,29,31-33,35-38,41-42,51H,5-12,14-26H2,1-4H3,(H,46,52)(H,47,53)(H2,48,49,54);9,22,24,26-28,30-31,33,39H,5-8,10-21,36H2,1-4H3,(H,37,40)/t27-,29+,31-,32-,33-,35-,36-,37+,38?,41-,42-,44-,45-;22-,24+,26?,27-,28-,30-,31+,33-,34-,35-/m00/s1. The molecule has 6 heterocycles. The van der Waals surface area contributed by atoms with E-state index in [1.54, 1.807) is 27.9 Å². The minimum atomic E-state index is -0.174. The number of nitrogens with one attached hydrogen (secondary N) is 5. The number of likely N-dealkylation sites (tertiary alicyclic amines) is 2. The number of unbranched alkanes of at least 4 members (excludes halogenated alkanes) is 5. The van der Waals surface area contributed by atoms with Crippen LogP contribution >= 0.6 is 11.8 Å². The molecule has 9 N–H and O–H groups in total. The van der Waals surface area contributed by atoms with Gasteiger partial charge >= 0.3 is 6.03 Å². The van der Waals surface area contributed by atoms with Crippen molar-refractivity contribution < 1.29 is 38.9 Å². The van der Waals surface area contributed by atoms with Crippen LogP contribution in [-0.2, 0) is 23.9 Å². The number of rotatable bonds is 22. The van der Waals surface area contributed by atoms with Crippen molar-refractivity contribution in [2.45, 2.75) is 300 Å². The molecule has 10 fully saturated rings. The van der Waals surface area contributed by atoms with E-state index in [4.69, 9.17) is 15.2 Å². The Morgan fingerprint density at radius 1 is 0.619 bits per heavy atom. The summed E-state index contributed by atoms with van der Waals surface area (Å²) in [6, 6.07) is 1.24. The van der Waals surface area contributed by atoms with Crippen LogP contribution in [0.5, 0.6) is 0 Å². The molecule has 5 amide bonds. The molecule has 6 saturated heterocycles. The molecular weight excluding hydrogens is 1230 g/mol. The van der Waals surface area contributed by atoms with E-state index in [-0.39, 0.29) is 82.3 Å². The number of piperidine rings is 2. The van der Waals surface area contributed by atoms with Gasteiger partial charge in [-0.2, -0.15) is 11.8 Å². The van der Waals surface area contributed by atoms with Gasteiger partial charge in [-0.25, -0.2) is 4.79 Å². The number of urea groups is 1. The van der Waals surface area contributed by atoms with E-state index in [0.717, 1.165) is 178 Å². The largest absolute Gasteiger partial charge is 0.393 e. The number of allylic oxidation sites excluding steroid dienone is 4. The zero-order valence-electron chi connectivity index (χ0n) is 61.0. The number of ether oxygens (including phenoxy) is 2. The van der Waals surface area contributed by atoms with Gasteiger partial charge < -0.3 is 52.0 Å². The Morgan fingerprint density at radius 2 is 1.09 bits per heavy atom. The van der Waals surface area contributed by atoms with Crippen LogP contribution in [0, 0.1) is 70.0 Å². The molecule has 23 atom stereocenters. The number of nitrogens with zero attached hydrogens (tertiary/aromatic N) is 2. The number of thioether (sulfide) groups is 1. The number of fused-ring (bicyclic) bond motifs is 13. The van der Waals surface area contributed by atoms with E-state index >= 15 is 0 Å². The smallest absolute Gasteiger partial charge is 0.315 e. The molecule has 0 aromatic carbocycles. The molecule has 14 aliphatic rings. The monoisotopic (exact) mass is 1360 g/mol. The zero-order chi connectivity index (χ0) is 68.1. The highest BCUT2D eigenvalue weighted by Crippen LogP contribution is 2.68. The number of amides is 5. The van der Waals surface area contributed by atoms with Crippen LogP contribution < -0.4 is 32.3 Å². The molecule has 4 saturated carbocycles. The lowest BCUT2D eigenvalue weighted by atomic mass is 9.56. The first kappa shape index (κ1) is 72.1. The van der Waals surface area contributed by atoms with E-state index in [0.29, 0.717) is 97.7 Å². The fraction of sp³-hybridized carbons (Fsp3) is 0.850. The van der Waals surface area contributed by atoms with Crippen molar-refractivity contribution >= 4 is 35.5 Å². The van der Waals surface area contributed by atoms with Gasteiger partial charge in [0.1, 0.15) is 0 Å². The predicted molar refractivity (Wildman–Crippen MR) is 386 cm³/mol. The van der Waals surface area contributed by atoms with Crippen molar-refractivity contribution in [1.29, 1.82) is 0 Å². The highest BCUT2D eigenvalue weighted by molar-refractivity contribution is 8.00. The molecule has 0 bridgehead atoms. The Balaban J connectivity index is 0.000000184. The fourth-order valence-corrected chi connectivity index (χ4v) is 25.6. The minimum Gasteiger partial charge on any atom is -0.393 e. The van der Waals surface area contributed by atoms with Crippen LogP contribution in [0.4, 0.5) is 4.79 Å². The highest BCUT2D eigenvalue weighted by atomic mass is 32.2. The van der Waals surface area contributed by atoms with E-state index < -0.39 is 0 Å². The molecule has 0 aromatic rings. The van der Waals surface area contributed by atoms with Gasteiger partial charge in [-0.3, -0.25) is 24.2 Å². The van der Waals surface area contributed by atoms with Gasteiger partial charge in [-0.05, 0) is 231 Å². The molecule has 8 aliphatic carbocycles. The molecular formula is C80H128N8O8S. The second kappa shape index (κ2) is 30.2. The fourth-order valence-electron chi connectivity index (χ4n) is 24.1. The van der Waals surface area contributed by atoms with Crippen molar-refractivity contribution in [3.05, 3.63) is 45.6 Å². The molecule has 14 rings (SSSR count). The maximum absolute atomic E-state index is 12.9. The van der Waals surface area contributed by atoms with Crippen LogP contribution in [-0.4, -0.2) is 167 Å². The summed E-state index contributed by atoms with van der Waals surface area (Å²) in [5, 5.41) is 36.8. The Bertz CT molecular complexity index is 2990. The molecule has 0 radical (unpaired) electrons. The van der Waals surface area contributed by atoms with E-state index in [2.05, 4.69) is 104 Å². The molecule has 6 aliphatic heterocycles. The topological polar surface area (TPSA) is 220 Å². The number of nitrogens with two attached hydrogens (primary N) is 1. The van der Waals surface area contributed by atoms with Crippen LogP contribution in [0.3, 0.4) is 0 Å². The number of hydrogen-bond acceptors (Lipinski definition) is 12. The summed E-state index contributed by atoms with van der Waals surface area (Å²) in [7, 11) is 0. The Kier molecular flexibility index (Phi) is 22.4. The predicted octanol–water partition coefficient (Wildman–Crippen LogP) is 11.6. The number of aliphatic hydroxyl groups is 2. The van der Waals surface area contributed by atoms with Crippen molar-refractivity contribution in [2.75, 3.05) is 58.1 Å². The van der Waals surface area contributed by atoms with Gasteiger partial charge in [-0.1, -0.05) is 95.2 Å². The van der Waals surface area contributed by atoms with Crippen molar-refractivity contribution in [1.82, 2.24) is 36.4 Å².